The molecular weight excluding hydrogens is 490 g/mol. The maximum atomic E-state index is 13.9. The first-order chi connectivity index (χ1) is 18.5. The van der Waals surface area contributed by atoms with Crippen LogP contribution in [0.25, 0.3) is 0 Å². The minimum atomic E-state index is -0.234. The molecule has 2 aromatic carbocycles. The van der Waals surface area contributed by atoms with Gasteiger partial charge in [-0.05, 0) is 66.8 Å². The fraction of sp³-hybridized carbons (Fsp3) is 0.438. The van der Waals surface area contributed by atoms with Crippen LogP contribution in [0.15, 0.2) is 66.0 Å². The van der Waals surface area contributed by atoms with E-state index in [1.165, 1.54) is 21.6 Å². The summed E-state index contributed by atoms with van der Waals surface area (Å²) in [5.74, 6) is 0.230. The number of thiophene rings is 1. The fourth-order valence-corrected chi connectivity index (χ4v) is 7.12. The van der Waals surface area contributed by atoms with Crippen LogP contribution in [0.4, 0.5) is 0 Å². The van der Waals surface area contributed by atoms with Gasteiger partial charge in [0.05, 0.1) is 18.0 Å². The molecule has 0 saturated carbocycles. The Hall–Kier alpha value is -2.96. The van der Waals surface area contributed by atoms with Gasteiger partial charge in [0.15, 0.2) is 0 Å². The summed E-state index contributed by atoms with van der Waals surface area (Å²) in [5.41, 5.74) is 4.96. The zero-order valence-corrected chi connectivity index (χ0v) is 23.6. The third-order valence-corrected chi connectivity index (χ3v) is 9.37. The number of carbonyl (C=O) groups is 2. The van der Waals surface area contributed by atoms with Crippen molar-refractivity contribution in [2.24, 2.45) is 0 Å². The average Bonchev–Trinajstić information content (AvgIpc) is 3.29. The number of hydrogen-bond donors (Lipinski definition) is 0. The van der Waals surface area contributed by atoms with Gasteiger partial charge in [-0.1, -0.05) is 61.5 Å². The minimum Gasteiger partial charge on any atom is -0.340 e. The Bertz CT molecular complexity index is 1260. The minimum absolute atomic E-state index is 0.0892. The van der Waals surface area contributed by atoms with Gasteiger partial charge in [-0.15, -0.1) is 11.3 Å². The largest absolute Gasteiger partial charge is 0.340 e. The van der Waals surface area contributed by atoms with Crippen molar-refractivity contribution in [1.29, 1.82) is 0 Å². The molecule has 0 bridgehead atoms. The Labute approximate surface area is 231 Å². The molecule has 5 rings (SSSR count). The van der Waals surface area contributed by atoms with Crippen LogP contribution in [0.1, 0.15) is 65.8 Å². The molecule has 5 nitrogen and oxygen atoms in total. The normalized spacial score (nSPS) is 19.9. The highest BCUT2D eigenvalue weighted by Crippen LogP contribution is 2.40. The van der Waals surface area contributed by atoms with Gasteiger partial charge in [0.2, 0.25) is 11.8 Å². The van der Waals surface area contributed by atoms with Crippen LogP contribution in [0.3, 0.4) is 0 Å². The highest BCUT2D eigenvalue weighted by molar-refractivity contribution is 7.10. The van der Waals surface area contributed by atoms with E-state index in [0.717, 1.165) is 31.4 Å². The van der Waals surface area contributed by atoms with E-state index in [9.17, 15) is 9.59 Å². The number of aryl methyl sites for hydroxylation is 1. The van der Waals surface area contributed by atoms with E-state index in [4.69, 9.17) is 0 Å². The standard InChI is InChI=1S/C32H39N3O2S/c1-4-26(25-12-6-5-7-13-25)32(37)34-18-10-17-33(20-21-34)31(36)24(3)35-19-15-29-28(16-22-38-29)30(35)27-14-9-8-11-23(27)2/h5-9,11-14,16,22,24,26,30H,4,10,15,17-21H2,1-3H3/t24-,26-,30-/m0/s1. The molecule has 38 heavy (non-hydrogen) atoms. The lowest BCUT2D eigenvalue weighted by atomic mass is 9.89. The third kappa shape index (κ3) is 5.29. The van der Waals surface area contributed by atoms with E-state index >= 15 is 0 Å². The molecule has 0 aliphatic carbocycles. The predicted octanol–water partition coefficient (Wildman–Crippen LogP) is 5.65. The Morgan fingerprint density at radius 2 is 1.55 bits per heavy atom. The SMILES string of the molecule is CC[C@H](C(=O)N1CCCN(C(=O)[C@H](C)N2CCc3sccc3[C@@H]2c2ccccc2C)CC1)c1ccccc1. The molecule has 6 heteroatoms. The molecule has 1 fully saturated rings. The number of nitrogens with zero attached hydrogens (tertiary/aromatic N) is 3. The van der Waals surface area contributed by atoms with Gasteiger partial charge in [0, 0.05) is 37.6 Å². The lowest BCUT2D eigenvalue weighted by molar-refractivity contribution is -0.138. The second-order valence-corrected chi connectivity index (χ2v) is 11.6. The number of rotatable bonds is 6. The summed E-state index contributed by atoms with van der Waals surface area (Å²) >= 11 is 1.83. The fourth-order valence-electron chi connectivity index (χ4n) is 6.22. The molecule has 3 atom stereocenters. The van der Waals surface area contributed by atoms with Crippen LogP contribution >= 0.6 is 11.3 Å². The molecular formula is C32H39N3O2S. The van der Waals surface area contributed by atoms with Crippen molar-refractivity contribution >= 4 is 23.2 Å². The van der Waals surface area contributed by atoms with Crippen LogP contribution in [-0.2, 0) is 16.0 Å². The van der Waals surface area contributed by atoms with Gasteiger partial charge in [-0.3, -0.25) is 14.5 Å². The van der Waals surface area contributed by atoms with Crippen molar-refractivity contribution in [1.82, 2.24) is 14.7 Å². The Balaban J connectivity index is 1.31. The van der Waals surface area contributed by atoms with E-state index in [2.05, 4.69) is 61.4 Å². The van der Waals surface area contributed by atoms with Crippen molar-refractivity contribution in [2.45, 2.75) is 58.0 Å². The van der Waals surface area contributed by atoms with Crippen LogP contribution in [0, 0.1) is 6.92 Å². The summed E-state index contributed by atoms with van der Waals surface area (Å²) in [4.78, 5) is 35.2. The zero-order chi connectivity index (χ0) is 26.6. The van der Waals surface area contributed by atoms with E-state index in [1.54, 1.807) is 0 Å². The van der Waals surface area contributed by atoms with Crippen LogP contribution < -0.4 is 0 Å². The number of amides is 2. The number of benzene rings is 2. The van der Waals surface area contributed by atoms with E-state index in [0.29, 0.717) is 26.2 Å². The van der Waals surface area contributed by atoms with Crippen molar-refractivity contribution in [2.75, 3.05) is 32.7 Å². The Morgan fingerprint density at radius 1 is 0.868 bits per heavy atom. The van der Waals surface area contributed by atoms with E-state index < -0.39 is 0 Å². The number of fused-ring (bicyclic) bond motifs is 1. The Morgan fingerprint density at radius 3 is 2.26 bits per heavy atom. The second-order valence-electron chi connectivity index (χ2n) is 10.6. The summed E-state index contributed by atoms with van der Waals surface area (Å²) in [6, 6.07) is 20.7. The molecule has 0 spiro atoms. The second kappa shape index (κ2) is 11.8. The number of hydrogen-bond acceptors (Lipinski definition) is 4. The third-order valence-electron chi connectivity index (χ3n) is 8.37. The molecule has 3 heterocycles. The quantitative estimate of drug-likeness (QED) is 0.415. The molecule has 1 aromatic heterocycles. The van der Waals surface area contributed by atoms with Crippen molar-refractivity contribution in [3.05, 3.63) is 93.2 Å². The van der Waals surface area contributed by atoms with Crippen LogP contribution in [-0.4, -0.2) is 65.3 Å². The maximum Gasteiger partial charge on any atom is 0.239 e. The molecule has 2 aliphatic heterocycles. The molecule has 0 radical (unpaired) electrons. The monoisotopic (exact) mass is 529 g/mol. The summed E-state index contributed by atoms with van der Waals surface area (Å²) in [6.45, 7) is 9.76. The van der Waals surface area contributed by atoms with Gasteiger partial charge in [-0.25, -0.2) is 0 Å². The first-order valence-electron chi connectivity index (χ1n) is 14.0. The van der Waals surface area contributed by atoms with Gasteiger partial charge in [0.25, 0.3) is 0 Å². The molecule has 2 aliphatic rings. The van der Waals surface area contributed by atoms with Crippen LogP contribution in [0.2, 0.25) is 0 Å². The summed E-state index contributed by atoms with van der Waals surface area (Å²) in [5, 5.41) is 2.19. The highest BCUT2D eigenvalue weighted by Gasteiger charge is 2.37. The maximum absolute atomic E-state index is 13.9. The van der Waals surface area contributed by atoms with Crippen LogP contribution in [0.5, 0.6) is 0 Å². The van der Waals surface area contributed by atoms with Gasteiger partial charge in [0.1, 0.15) is 0 Å². The Kier molecular flexibility index (Phi) is 8.29. The van der Waals surface area contributed by atoms with Crippen molar-refractivity contribution in [3.8, 4) is 0 Å². The first-order valence-corrected chi connectivity index (χ1v) is 14.9. The smallest absolute Gasteiger partial charge is 0.239 e. The predicted molar refractivity (Wildman–Crippen MR) is 154 cm³/mol. The molecule has 0 N–H and O–H groups in total. The molecule has 200 valence electrons. The number of carbonyl (C=O) groups excluding carboxylic acids is 2. The van der Waals surface area contributed by atoms with Crippen molar-refractivity contribution in [3.63, 3.8) is 0 Å². The van der Waals surface area contributed by atoms with E-state index in [-0.39, 0.29) is 29.8 Å². The van der Waals surface area contributed by atoms with Crippen molar-refractivity contribution < 1.29 is 9.59 Å². The molecule has 3 aromatic rings. The van der Waals surface area contributed by atoms with Gasteiger partial charge >= 0.3 is 0 Å². The lowest BCUT2D eigenvalue weighted by Gasteiger charge is -2.41. The average molecular weight is 530 g/mol. The van der Waals surface area contributed by atoms with Gasteiger partial charge < -0.3 is 9.80 Å². The van der Waals surface area contributed by atoms with E-state index in [1.807, 2.05) is 51.5 Å². The summed E-state index contributed by atoms with van der Waals surface area (Å²) in [7, 11) is 0. The summed E-state index contributed by atoms with van der Waals surface area (Å²) < 4.78 is 0. The van der Waals surface area contributed by atoms with Gasteiger partial charge in [-0.2, -0.15) is 0 Å². The first kappa shape index (κ1) is 26.6. The lowest BCUT2D eigenvalue weighted by Crippen LogP contribution is -2.51. The zero-order valence-electron chi connectivity index (χ0n) is 22.8. The molecule has 1 saturated heterocycles. The molecule has 0 unspecified atom stereocenters. The molecule has 2 amide bonds. The topological polar surface area (TPSA) is 43.9 Å². The summed E-state index contributed by atoms with van der Waals surface area (Å²) in [6.07, 6.45) is 2.57. The highest BCUT2D eigenvalue weighted by atomic mass is 32.1.